The van der Waals surface area contributed by atoms with Gasteiger partial charge in [-0.15, -0.1) is 0 Å². The molecule has 0 saturated carbocycles. The zero-order chi connectivity index (χ0) is 12.9. The van der Waals surface area contributed by atoms with Crippen molar-refractivity contribution in [1.29, 1.82) is 0 Å². The minimum absolute atomic E-state index is 0.400. The van der Waals surface area contributed by atoms with Gasteiger partial charge in [-0.3, -0.25) is 0 Å². The molecule has 4 radical (unpaired) electrons. The first kappa shape index (κ1) is 13.1. The molecule has 0 aliphatic rings. The number of benzene rings is 1. The minimum Gasteiger partial charge on any atom is -0.478 e. The molecular formula is C11H8B2O4. The third-order valence-corrected chi connectivity index (χ3v) is 1.86. The van der Waals surface area contributed by atoms with Crippen LogP contribution in [0, 0.1) is 0 Å². The van der Waals surface area contributed by atoms with Crippen LogP contribution in [0.5, 0.6) is 0 Å². The summed E-state index contributed by atoms with van der Waals surface area (Å²) in [6, 6.07) is 8.31. The molecule has 0 saturated heterocycles. The molecule has 0 amide bonds. The Morgan fingerprint density at radius 2 is 1.76 bits per heavy atom. The lowest BCUT2D eigenvalue weighted by Crippen LogP contribution is -2.32. The van der Waals surface area contributed by atoms with Crippen LogP contribution in [-0.4, -0.2) is 32.7 Å². The van der Waals surface area contributed by atoms with Gasteiger partial charge in [0.15, 0.2) is 0 Å². The molecule has 0 fully saturated rings. The van der Waals surface area contributed by atoms with Gasteiger partial charge in [-0.05, 0) is 5.56 Å². The van der Waals surface area contributed by atoms with E-state index in [0.717, 1.165) is 6.08 Å². The van der Waals surface area contributed by atoms with E-state index >= 15 is 0 Å². The van der Waals surface area contributed by atoms with Crippen molar-refractivity contribution in [2.75, 3.05) is 0 Å². The molecule has 1 rings (SSSR count). The number of carbonyl (C=O) groups is 2. The molecule has 4 nitrogen and oxygen atoms in total. The fraction of sp³-hybridized carbons (Fsp3) is 0.0909. The SMILES string of the molecule is [B]C([B])(OC(=O)/C=C\C(=O)O)c1ccccc1. The first-order valence-corrected chi connectivity index (χ1v) is 4.69. The monoisotopic (exact) mass is 226 g/mol. The smallest absolute Gasteiger partial charge is 0.330 e. The molecule has 0 aliphatic carbocycles. The summed E-state index contributed by atoms with van der Waals surface area (Å²) in [7, 11) is 11.2. The highest BCUT2D eigenvalue weighted by Gasteiger charge is 2.22. The van der Waals surface area contributed by atoms with Crippen molar-refractivity contribution in [3.8, 4) is 0 Å². The van der Waals surface area contributed by atoms with Crippen LogP contribution in [0.3, 0.4) is 0 Å². The van der Waals surface area contributed by atoms with Crippen LogP contribution in [0.25, 0.3) is 0 Å². The highest BCUT2D eigenvalue weighted by molar-refractivity contribution is 6.39. The summed E-state index contributed by atoms with van der Waals surface area (Å²) in [5, 5.41) is 6.53. The lowest BCUT2D eigenvalue weighted by atomic mass is 9.61. The molecule has 0 aromatic heterocycles. The van der Waals surface area contributed by atoms with E-state index < -0.39 is 17.3 Å². The maximum atomic E-state index is 11.2. The fourth-order valence-electron chi connectivity index (χ4n) is 1.10. The van der Waals surface area contributed by atoms with Crippen molar-refractivity contribution in [3.05, 3.63) is 48.0 Å². The zero-order valence-electron chi connectivity index (χ0n) is 8.87. The highest BCUT2D eigenvalue weighted by Crippen LogP contribution is 2.18. The Morgan fingerprint density at radius 1 is 1.18 bits per heavy atom. The molecule has 1 aromatic carbocycles. The van der Waals surface area contributed by atoms with E-state index in [2.05, 4.69) is 0 Å². The summed E-state index contributed by atoms with van der Waals surface area (Å²) < 4.78 is 4.74. The number of rotatable bonds is 4. The van der Waals surface area contributed by atoms with Crippen molar-refractivity contribution < 1.29 is 19.4 Å². The summed E-state index contributed by atoms with van der Waals surface area (Å²) in [4.78, 5) is 21.4. The van der Waals surface area contributed by atoms with Gasteiger partial charge in [0.25, 0.3) is 0 Å². The number of ether oxygens (including phenoxy) is 1. The molecule has 1 N–H and O–H groups in total. The number of carbonyl (C=O) groups excluding carboxylic acids is 1. The van der Waals surface area contributed by atoms with Crippen LogP contribution in [0.15, 0.2) is 42.5 Å². The largest absolute Gasteiger partial charge is 0.478 e. The van der Waals surface area contributed by atoms with Gasteiger partial charge in [0.05, 0.1) is 5.40 Å². The van der Waals surface area contributed by atoms with Crippen LogP contribution < -0.4 is 0 Å². The van der Waals surface area contributed by atoms with Crippen molar-refractivity contribution in [2.45, 2.75) is 5.40 Å². The van der Waals surface area contributed by atoms with Gasteiger partial charge in [-0.1, -0.05) is 30.3 Å². The minimum atomic E-state index is -1.79. The maximum absolute atomic E-state index is 11.2. The average molecular weight is 226 g/mol. The Morgan fingerprint density at radius 3 is 2.29 bits per heavy atom. The number of carboxylic acids is 1. The van der Waals surface area contributed by atoms with E-state index in [-0.39, 0.29) is 0 Å². The van der Waals surface area contributed by atoms with E-state index in [1.165, 1.54) is 0 Å². The third kappa shape index (κ3) is 4.18. The number of hydrogen-bond acceptors (Lipinski definition) is 3. The van der Waals surface area contributed by atoms with Gasteiger partial charge in [-0.25, -0.2) is 9.59 Å². The zero-order valence-corrected chi connectivity index (χ0v) is 8.87. The molecule has 17 heavy (non-hydrogen) atoms. The first-order chi connectivity index (χ1) is 7.92. The summed E-state index contributed by atoms with van der Waals surface area (Å²) in [6.07, 6.45) is 1.38. The molecule has 0 aliphatic heterocycles. The maximum Gasteiger partial charge on any atom is 0.330 e. The molecule has 0 heterocycles. The molecular weight excluding hydrogens is 218 g/mol. The Hall–Kier alpha value is -1.97. The first-order valence-electron chi connectivity index (χ1n) is 4.69. The predicted octanol–water partition coefficient (Wildman–Crippen LogP) is 0.318. The van der Waals surface area contributed by atoms with E-state index in [1.807, 2.05) is 0 Å². The van der Waals surface area contributed by atoms with E-state index in [9.17, 15) is 9.59 Å². The van der Waals surface area contributed by atoms with Gasteiger partial charge in [0.1, 0.15) is 15.7 Å². The normalized spacial score (nSPS) is 11.3. The number of hydrogen-bond donors (Lipinski definition) is 1. The molecule has 0 atom stereocenters. The molecule has 1 aromatic rings. The van der Waals surface area contributed by atoms with Crippen LogP contribution >= 0.6 is 0 Å². The predicted molar refractivity (Wildman–Crippen MR) is 62.5 cm³/mol. The van der Waals surface area contributed by atoms with Gasteiger partial charge >= 0.3 is 11.9 Å². The topological polar surface area (TPSA) is 63.6 Å². The summed E-state index contributed by atoms with van der Waals surface area (Å²) >= 11 is 0. The Labute approximate surface area is 101 Å². The molecule has 6 heteroatoms. The van der Waals surface area contributed by atoms with Gasteiger partial charge in [-0.2, -0.15) is 0 Å². The Bertz CT molecular complexity index is 440. The van der Waals surface area contributed by atoms with Crippen molar-refractivity contribution in [2.24, 2.45) is 0 Å². The Balaban J connectivity index is 2.74. The van der Waals surface area contributed by atoms with Crippen molar-refractivity contribution in [3.63, 3.8) is 0 Å². The lowest BCUT2D eigenvalue weighted by molar-refractivity contribution is -0.142. The van der Waals surface area contributed by atoms with Crippen LogP contribution in [-0.2, 0) is 19.7 Å². The van der Waals surface area contributed by atoms with Crippen LogP contribution in [0.1, 0.15) is 5.56 Å². The van der Waals surface area contributed by atoms with Gasteiger partial charge < -0.3 is 9.84 Å². The van der Waals surface area contributed by atoms with Gasteiger partial charge in [0.2, 0.25) is 0 Å². The summed E-state index contributed by atoms with van der Waals surface area (Å²) in [5.41, 5.74) is 0.400. The fourth-order valence-corrected chi connectivity index (χ4v) is 1.10. The van der Waals surface area contributed by atoms with Gasteiger partial charge in [0, 0.05) is 12.2 Å². The molecule has 0 spiro atoms. The molecule has 0 bridgehead atoms. The molecule has 82 valence electrons. The second kappa shape index (κ2) is 5.39. The number of esters is 1. The summed E-state index contributed by atoms with van der Waals surface area (Å²) in [5.74, 6) is -2.19. The second-order valence-corrected chi connectivity index (χ2v) is 3.25. The number of aliphatic carboxylic acids is 1. The quantitative estimate of drug-likeness (QED) is 0.456. The molecule has 0 unspecified atom stereocenters. The standard InChI is InChI=1S/C11H8B2O4/c12-11(13,8-4-2-1-3-5-8)17-10(16)7-6-9(14)15/h1-7H,(H,14,15)/b7-6-. The van der Waals surface area contributed by atoms with Crippen molar-refractivity contribution >= 4 is 27.6 Å². The Kier molecular flexibility index (Phi) is 4.15. The second-order valence-electron chi connectivity index (χ2n) is 3.25. The van der Waals surface area contributed by atoms with Crippen LogP contribution in [0.2, 0.25) is 0 Å². The van der Waals surface area contributed by atoms with E-state index in [0.29, 0.717) is 11.6 Å². The summed E-state index contributed by atoms with van der Waals surface area (Å²) in [6.45, 7) is 0. The van der Waals surface area contributed by atoms with E-state index in [4.69, 9.17) is 25.5 Å². The third-order valence-electron chi connectivity index (χ3n) is 1.86. The van der Waals surface area contributed by atoms with Crippen LogP contribution in [0.4, 0.5) is 0 Å². The number of carboxylic acid groups (broad SMARTS) is 1. The lowest BCUT2D eigenvalue weighted by Gasteiger charge is -2.26. The van der Waals surface area contributed by atoms with E-state index in [1.54, 1.807) is 30.3 Å². The van der Waals surface area contributed by atoms with Crippen molar-refractivity contribution in [1.82, 2.24) is 0 Å². The average Bonchev–Trinajstić information content (AvgIpc) is 2.27. The highest BCUT2D eigenvalue weighted by atomic mass is 16.5.